The van der Waals surface area contributed by atoms with Gasteiger partial charge in [-0.15, -0.1) is 0 Å². The van der Waals surface area contributed by atoms with Gasteiger partial charge in [-0.05, 0) is 43.6 Å². The molecule has 0 aliphatic rings. The van der Waals surface area contributed by atoms with E-state index in [-0.39, 0.29) is 16.8 Å². The molecule has 5 nitrogen and oxygen atoms in total. The Hall–Kier alpha value is -1.46. The predicted octanol–water partition coefficient (Wildman–Crippen LogP) is 3.37. The van der Waals surface area contributed by atoms with Crippen LogP contribution in [0.25, 0.3) is 0 Å². The summed E-state index contributed by atoms with van der Waals surface area (Å²) >= 11 is 0. The van der Waals surface area contributed by atoms with Crippen LogP contribution in [-0.2, 0) is 0 Å². The minimum absolute atomic E-state index is 0.0638. The second kappa shape index (κ2) is 9.44. The molecule has 20 heavy (non-hydrogen) atoms. The van der Waals surface area contributed by atoms with Crippen LogP contribution in [0, 0.1) is 10.1 Å². The van der Waals surface area contributed by atoms with Gasteiger partial charge in [-0.3, -0.25) is 20.7 Å². The first-order valence-electron chi connectivity index (χ1n) is 7.40. The third kappa shape index (κ3) is 5.67. The van der Waals surface area contributed by atoms with E-state index in [1.165, 1.54) is 0 Å². The normalized spacial score (nSPS) is 10.9. The molecule has 112 valence electrons. The fraction of sp³-hybridized carbons (Fsp3) is 0.600. The van der Waals surface area contributed by atoms with E-state index in [2.05, 4.69) is 24.5 Å². The van der Waals surface area contributed by atoms with Crippen LogP contribution < -0.4 is 10.6 Å². The summed E-state index contributed by atoms with van der Waals surface area (Å²) in [4.78, 5) is 10.3. The first-order valence-corrected chi connectivity index (χ1v) is 7.40. The maximum Gasteiger partial charge on any atom is 0.269 e. The molecule has 0 amide bonds. The zero-order valence-corrected chi connectivity index (χ0v) is 12.4. The van der Waals surface area contributed by atoms with Crippen molar-refractivity contribution in [1.29, 1.82) is 0 Å². The molecular weight excluding hydrogens is 254 g/mol. The second-order valence-corrected chi connectivity index (χ2v) is 4.90. The molecule has 5 heteroatoms. The first kappa shape index (κ1) is 16.6. The number of non-ortho nitro benzene ring substituents is 1. The van der Waals surface area contributed by atoms with Crippen molar-refractivity contribution in [2.45, 2.75) is 45.7 Å². The minimum atomic E-state index is -0.367. The molecule has 0 heterocycles. The topological polar surface area (TPSA) is 67.2 Å². The van der Waals surface area contributed by atoms with E-state index in [4.69, 9.17) is 0 Å². The standard InChI is InChI=1S/C15H25N3O2/c1-3-5-11-16-15(17-12-6-4-2)13-7-9-14(10-8-13)18(19)20/h7-10,15-17H,3-6,11-12H2,1-2H3. The Morgan fingerprint density at radius 3 is 1.95 bits per heavy atom. The summed E-state index contributed by atoms with van der Waals surface area (Å²) in [6, 6.07) is 6.76. The number of rotatable bonds is 10. The molecule has 0 fully saturated rings. The molecule has 0 aliphatic heterocycles. The minimum Gasteiger partial charge on any atom is -0.298 e. The van der Waals surface area contributed by atoms with Gasteiger partial charge in [0.25, 0.3) is 5.69 Å². The lowest BCUT2D eigenvalue weighted by molar-refractivity contribution is -0.384. The largest absolute Gasteiger partial charge is 0.298 e. The lowest BCUT2D eigenvalue weighted by atomic mass is 10.1. The maximum atomic E-state index is 10.7. The highest BCUT2D eigenvalue weighted by Crippen LogP contribution is 2.16. The van der Waals surface area contributed by atoms with Crippen molar-refractivity contribution < 1.29 is 4.92 Å². The van der Waals surface area contributed by atoms with Gasteiger partial charge in [0.2, 0.25) is 0 Å². The van der Waals surface area contributed by atoms with Crippen molar-refractivity contribution in [1.82, 2.24) is 10.6 Å². The number of benzene rings is 1. The number of hydrogen-bond acceptors (Lipinski definition) is 4. The summed E-state index contributed by atoms with van der Waals surface area (Å²) in [6.45, 7) is 6.20. The SMILES string of the molecule is CCCCNC(NCCCC)c1ccc([N+](=O)[O-])cc1. The molecule has 0 atom stereocenters. The molecular formula is C15H25N3O2. The van der Waals surface area contributed by atoms with E-state index in [1.54, 1.807) is 12.1 Å². The Morgan fingerprint density at radius 1 is 1.05 bits per heavy atom. The number of nitrogens with one attached hydrogen (secondary N) is 2. The zero-order valence-electron chi connectivity index (χ0n) is 12.4. The monoisotopic (exact) mass is 279 g/mol. The summed E-state index contributed by atoms with van der Waals surface area (Å²) in [6.07, 6.45) is 4.61. The van der Waals surface area contributed by atoms with Crippen LogP contribution in [0.4, 0.5) is 5.69 Å². The zero-order chi connectivity index (χ0) is 14.8. The lowest BCUT2D eigenvalue weighted by Crippen LogP contribution is -2.35. The van der Waals surface area contributed by atoms with E-state index >= 15 is 0 Å². The molecule has 0 aliphatic carbocycles. The van der Waals surface area contributed by atoms with Gasteiger partial charge in [-0.25, -0.2) is 0 Å². The van der Waals surface area contributed by atoms with Crippen LogP contribution in [0.2, 0.25) is 0 Å². The summed E-state index contributed by atoms with van der Waals surface area (Å²) in [5, 5.41) is 17.6. The molecule has 0 bridgehead atoms. The van der Waals surface area contributed by atoms with Crippen molar-refractivity contribution in [3.8, 4) is 0 Å². The van der Waals surface area contributed by atoms with Crippen LogP contribution in [0.3, 0.4) is 0 Å². The van der Waals surface area contributed by atoms with Crippen molar-refractivity contribution in [3.05, 3.63) is 39.9 Å². The smallest absolute Gasteiger partial charge is 0.269 e. The van der Waals surface area contributed by atoms with E-state index in [0.29, 0.717) is 0 Å². The van der Waals surface area contributed by atoms with Gasteiger partial charge >= 0.3 is 0 Å². The number of nitro benzene ring substituents is 1. The molecule has 1 aromatic rings. The second-order valence-electron chi connectivity index (χ2n) is 4.90. The molecule has 0 unspecified atom stereocenters. The Kier molecular flexibility index (Phi) is 7.84. The Morgan fingerprint density at radius 2 is 1.55 bits per heavy atom. The number of nitrogens with zero attached hydrogens (tertiary/aromatic N) is 1. The summed E-state index contributed by atoms with van der Waals surface area (Å²) in [5.41, 5.74) is 1.18. The van der Waals surface area contributed by atoms with Crippen LogP contribution >= 0.6 is 0 Å². The molecule has 0 saturated carbocycles. The number of unbranched alkanes of at least 4 members (excludes halogenated alkanes) is 2. The quantitative estimate of drug-likeness (QED) is 0.298. The Labute approximate surface area is 120 Å². The highest BCUT2D eigenvalue weighted by Gasteiger charge is 2.11. The molecule has 1 aromatic carbocycles. The third-order valence-corrected chi connectivity index (χ3v) is 3.19. The van der Waals surface area contributed by atoms with Crippen molar-refractivity contribution in [2.24, 2.45) is 0 Å². The average Bonchev–Trinajstić information content (AvgIpc) is 2.46. The molecule has 0 saturated heterocycles. The van der Waals surface area contributed by atoms with Crippen molar-refractivity contribution in [2.75, 3.05) is 13.1 Å². The van der Waals surface area contributed by atoms with Gasteiger partial charge in [0.05, 0.1) is 11.1 Å². The molecule has 0 radical (unpaired) electrons. The van der Waals surface area contributed by atoms with Crippen molar-refractivity contribution >= 4 is 5.69 Å². The van der Waals surface area contributed by atoms with Gasteiger partial charge < -0.3 is 0 Å². The fourth-order valence-corrected chi connectivity index (χ4v) is 1.94. The maximum absolute atomic E-state index is 10.7. The van der Waals surface area contributed by atoms with Gasteiger partial charge in [0.1, 0.15) is 0 Å². The molecule has 1 rings (SSSR count). The molecule has 0 aromatic heterocycles. The van der Waals surface area contributed by atoms with E-state index < -0.39 is 0 Å². The van der Waals surface area contributed by atoms with E-state index in [9.17, 15) is 10.1 Å². The highest BCUT2D eigenvalue weighted by molar-refractivity contribution is 5.34. The van der Waals surface area contributed by atoms with E-state index in [0.717, 1.165) is 44.3 Å². The Balaban J connectivity index is 2.66. The first-order chi connectivity index (χ1) is 9.69. The number of hydrogen-bond donors (Lipinski definition) is 2. The van der Waals surface area contributed by atoms with Crippen LogP contribution in [0.1, 0.15) is 51.3 Å². The van der Waals surface area contributed by atoms with Crippen molar-refractivity contribution in [3.63, 3.8) is 0 Å². The summed E-state index contributed by atoms with van der Waals surface area (Å²) in [7, 11) is 0. The highest BCUT2D eigenvalue weighted by atomic mass is 16.6. The summed E-state index contributed by atoms with van der Waals surface area (Å²) < 4.78 is 0. The lowest BCUT2D eigenvalue weighted by Gasteiger charge is -2.20. The van der Waals surface area contributed by atoms with Crippen LogP contribution in [0.15, 0.2) is 24.3 Å². The van der Waals surface area contributed by atoms with Crippen LogP contribution in [-0.4, -0.2) is 18.0 Å². The average molecular weight is 279 g/mol. The van der Waals surface area contributed by atoms with Crippen LogP contribution in [0.5, 0.6) is 0 Å². The fourth-order valence-electron chi connectivity index (χ4n) is 1.94. The van der Waals surface area contributed by atoms with Gasteiger partial charge in [-0.2, -0.15) is 0 Å². The Bertz CT molecular complexity index is 383. The summed E-state index contributed by atoms with van der Waals surface area (Å²) in [5.74, 6) is 0. The van der Waals surface area contributed by atoms with Gasteiger partial charge in [0.15, 0.2) is 0 Å². The predicted molar refractivity (Wildman–Crippen MR) is 81.7 cm³/mol. The third-order valence-electron chi connectivity index (χ3n) is 3.19. The number of nitro groups is 1. The van der Waals surface area contributed by atoms with Gasteiger partial charge in [-0.1, -0.05) is 26.7 Å². The molecule has 0 spiro atoms. The molecule has 2 N–H and O–H groups in total. The van der Waals surface area contributed by atoms with Gasteiger partial charge in [0, 0.05) is 12.1 Å². The van der Waals surface area contributed by atoms with E-state index in [1.807, 2.05) is 12.1 Å².